The lowest BCUT2D eigenvalue weighted by Gasteiger charge is -2.31. The molecule has 2 aromatic carbocycles. The van der Waals surface area contributed by atoms with Gasteiger partial charge in [0.05, 0.1) is 6.54 Å². The molecule has 144 valence electrons. The maximum atomic E-state index is 12.7. The molecule has 0 radical (unpaired) electrons. The van der Waals surface area contributed by atoms with Crippen molar-refractivity contribution in [1.82, 2.24) is 15.0 Å². The van der Waals surface area contributed by atoms with Crippen LogP contribution in [0.3, 0.4) is 0 Å². The molecule has 1 fully saturated rings. The van der Waals surface area contributed by atoms with Gasteiger partial charge in [-0.2, -0.15) is 0 Å². The van der Waals surface area contributed by atoms with Gasteiger partial charge in [0.15, 0.2) is 11.5 Å². The van der Waals surface area contributed by atoms with Crippen molar-refractivity contribution in [2.75, 3.05) is 38.5 Å². The zero-order valence-electron chi connectivity index (χ0n) is 16.1. The fourth-order valence-corrected chi connectivity index (χ4v) is 4.26. The number of amides is 1. The minimum Gasteiger partial charge on any atom is -0.359 e. The Balaban J connectivity index is 1.32. The van der Waals surface area contributed by atoms with Crippen LogP contribution < -0.4 is 5.32 Å². The van der Waals surface area contributed by atoms with E-state index in [9.17, 15) is 4.79 Å². The average Bonchev–Trinajstić information content (AvgIpc) is 3.34. The Morgan fingerprint density at radius 2 is 1.89 bits per heavy atom. The molecule has 2 aliphatic rings. The molecule has 0 saturated carbocycles. The molecule has 1 saturated heterocycles. The van der Waals surface area contributed by atoms with Gasteiger partial charge >= 0.3 is 0 Å². The molecule has 1 amide bonds. The second kappa shape index (κ2) is 7.04. The van der Waals surface area contributed by atoms with E-state index in [0.717, 1.165) is 55.9 Å². The molecule has 6 nitrogen and oxygen atoms in total. The van der Waals surface area contributed by atoms with E-state index in [0.29, 0.717) is 12.2 Å². The number of hydrogen-bond acceptors (Lipinski definition) is 5. The second-order valence-electron chi connectivity index (χ2n) is 7.82. The number of nitrogens with one attached hydrogen (secondary N) is 1. The van der Waals surface area contributed by atoms with Crippen LogP contribution in [0.4, 0.5) is 5.69 Å². The summed E-state index contributed by atoms with van der Waals surface area (Å²) in [5, 5.41) is 9.41. The topological polar surface area (TPSA) is 61.6 Å². The van der Waals surface area contributed by atoms with Crippen molar-refractivity contribution >= 4 is 22.4 Å². The fourth-order valence-electron chi connectivity index (χ4n) is 4.26. The lowest BCUT2D eigenvalue weighted by Crippen LogP contribution is -2.43. The number of carbonyl (C=O) groups excluding carboxylic acids is 1. The van der Waals surface area contributed by atoms with Crippen LogP contribution in [0, 0.1) is 0 Å². The number of aromatic nitrogens is 1. The van der Waals surface area contributed by atoms with Gasteiger partial charge in [0.2, 0.25) is 0 Å². The number of likely N-dealkylation sites (N-methyl/N-ethyl adjacent to an activating group) is 1. The molecule has 0 atom stereocenters. The largest absolute Gasteiger partial charge is 0.359 e. The Bertz CT molecular complexity index is 1020. The van der Waals surface area contributed by atoms with Gasteiger partial charge in [-0.15, -0.1) is 0 Å². The van der Waals surface area contributed by atoms with Crippen LogP contribution in [0.15, 0.2) is 40.9 Å². The van der Waals surface area contributed by atoms with Gasteiger partial charge in [-0.25, -0.2) is 0 Å². The Kier molecular flexibility index (Phi) is 4.37. The second-order valence-corrected chi connectivity index (χ2v) is 7.82. The first kappa shape index (κ1) is 17.4. The van der Waals surface area contributed by atoms with Gasteiger partial charge in [-0.05, 0) is 42.5 Å². The Morgan fingerprint density at radius 1 is 1.11 bits per heavy atom. The smallest absolute Gasteiger partial charge is 0.277 e. The van der Waals surface area contributed by atoms with Crippen LogP contribution in [0.5, 0.6) is 0 Å². The molecule has 6 heteroatoms. The first-order valence-electron chi connectivity index (χ1n) is 9.89. The number of anilines is 1. The van der Waals surface area contributed by atoms with Crippen molar-refractivity contribution in [2.24, 2.45) is 0 Å². The van der Waals surface area contributed by atoms with Crippen LogP contribution in [0.25, 0.3) is 10.8 Å². The van der Waals surface area contributed by atoms with Gasteiger partial charge < -0.3 is 14.7 Å². The summed E-state index contributed by atoms with van der Waals surface area (Å²) in [6.07, 6.45) is 2.14. The minimum atomic E-state index is -0.230. The third kappa shape index (κ3) is 3.19. The summed E-state index contributed by atoms with van der Waals surface area (Å²) in [4.78, 5) is 17.4. The maximum absolute atomic E-state index is 12.7. The highest BCUT2D eigenvalue weighted by molar-refractivity contribution is 6.09. The van der Waals surface area contributed by atoms with Gasteiger partial charge in [-0.1, -0.05) is 29.4 Å². The molecule has 0 spiro atoms. The Labute approximate surface area is 164 Å². The van der Waals surface area contributed by atoms with E-state index in [1.165, 1.54) is 16.5 Å². The predicted molar refractivity (Wildman–Crippen MR) is 109 cm³/mol. The molecule has 0 unspecified atom stereocenters. The average molecular weight is 376 g/mol. The molecule has 3 aromatic rings. The van der Waals surface area contributed by atoms with E-state index in [2.05, 4.69) is 51.6 Å². The number of rotatable bonds is 4. The molecular formula is C22H24N4O2. The summed E-state index contributed by atoms with van der Waals surface area (Å²) in [7, 11) is 2.13. The van der Waals surface area contributed by atoms with E-state index in [1.54, 1.807) is 6.07 Å². The summed E-state index contributed by atoms with van der Waals surface area (Å²) >= 11 is 0. The number of nitrogens with zero attached hydrogens (tertiary/aromatic N) is 3. The van der Waals surface area contributed by atoms with Crippen molar-refractivity contribution in [3.05, 3.63) is 59.0 Å². The van der Waals surface area contributed by atoms with Gasteiger partial charge in [0, 0.05) is 43.3 Å². The molecular weight excluding hydrogens is 352 g/mol. The summed E-state index contributed by atoms with van der Waals surface area (Å²) in [6.45, 7) is 4.78. The van der Waals surface area contributed by atoms with Gasteiger partial charge in [0.25, 0.3) is 5.91 Å². The van der Waals surface area contributed by atoms with Gasteiger partial charge in [0.1, 0.15) is 0 Å². The summed E-state index contributed by atoms with van der Waals surface area (Å²) in [5.74, 6) is 0.502. The zero-order valence-corrected chi connectivity index (χ0v) is 16.1. The van der Waals surface area contributed by atoms with E-state index in [1.807, 2.05) is 6.07 Å². The monoisotopic (exact) mass is 376 g/mol. The number of carbonyl (C=O) groups is 1. The minimum absolute atomic E-state index is 0.230. The Morgan fingerprint density at radius 3 is 2.71 bits per heavy atom. The van der Waals surface area contributed by atoms with E-state index >= 15 is 0 Å². The van der Waals surface area contributed by atoms with Gasteiger partial charge in [-0.3, -0.25) is 9.69 Å². The lowest BCUT2D eigenvalue weighted by molar-refractivity contribution is 0.101. The third-order valence-corrected chi connectivity index (χ3v) is 5.89. The van der Waals surface area contributed by atoms with E-state index in [-0.39, 0.29) is 5.91 Å². The van der Waals surface area contributed by atoms with Crippen LogP contribution in [0.2, 0.25) is 0 Å². The number of hydrogen-bond donors (Lipinski definition) is 1. The summed E-state index contributed by atoms with van der Waals surface area (Å²) in [5.41, 5.74) is 3.88. The molecule has 0 bridgehead atoms. The zero-order chi connectivity index (χ0) is 19.1. The molecule has 1 N–H and O–H groups in total. The first-order valence-corrected chi connectivity index (χ1v) is 9.89. The van der Waals surface area contributed by atoms with Crippen LogP contribution in [-0.2, 0) is 19.4 Å². The van der Waals surface area contributed by atoms with Crippen LogP contribution in [0.1, 0.15) is 27.4 Å². The number of aryl methyl sites for hydroxylation is 2. The standard InChI is InChI=1S/C22H24N4O2/c1-25-9-11-26(12-10-25)14-17-13-20(24-28-17)22(27)23-19-8-7-16-6-5-15-3-2-4-18(19)21(15)16/h2-4,7-8,13H,5-6,9-12,14H2,1H3,(H,23,27). The van der Waals surface area contributed by atoms with Crippen molar-refractivity contribution in [2.45, 2.75) is 19.4 Å². The van der Waals surface area contributed by atoms with Crippen LogP contribution in [-0.4, -0.2) is 54.1 Å². The van der Waals surface area contributed by atoms with Crippen LogP contribution >= 0.6 is 0 Å². The highest BCUT2D eigenvalue weighted by atomic mass is 16.5. The molecule has 2 heterocycles. The van der Waals surface area contributed by atoms with Crippen molar-refractivity contribution in [3.8, 4) is 0 Å². The summed E-state index contributed by atoms with van der Waals surface area (Å²) < 4.78 is 5.42. The lowest BCUT2D eigenvalue weighted by atomic mass is 10.0. The van der Waals surface area contributed by atoms with Crippen molar-refractivity contribution in [3.63, 3.8) is 0 Å². The maximum Gasteiger partial charge on any atom is 0.277 e. The highest BCUT2D eigenvalue weighted by Gasteiger charge is 2.20. The van der Waals surface area contributed by atoms with E-state index < -0.39 is 0 Å². The highest BCUT2D eigenvalue weighted by Crippen LogP contribution is 2.35. The number of piperazine rings is 1. The molecule has 1 aromatic heterocycles. The molecule has 1 aliphatic carbocycles. The normalized spacial score (nSPS) is 17.3. The molecule has 28 heavy (non-hydrogen) atoms. The third-order valence-electron chi connectivity index (χ3n) is 5.89. The number of benzene rings is 2. The van der Waals surface area contributed by atoms with Crippen molar-refractivity contribution in [1.29, 1.82) is 0 Å². The molecule has 5 rings (SSSR count). The SMILES string of the molecule is CN1CCN(Cc2cc(C(=O)Nc3ccc4c5c(cccc35)CC4)no2)CC1. The Hall–Kier alpha value is -2.70. The quantitative estimate of drug-likeness (QED) is 0.759. The molecule has 1 aliphatic heterocycles. The predicted octanol–water partition coefficient (Wildman–Crippen LogP) is 2.93. The van der Waals surface area contributed by atoms with E-state index in [4.69, 9.17) is 4.52 Å². The summed E-state index contributed by atoms with van der Waals surface area (Å²) in [6, 6.07) is 12.2. The van der Waals surface area contributed by atoms with Crippen molar-refractivity contribution < 1.29 is 9.32 Å². The fraction of sp³-hybridized carbons (Fsp3) is 0.364. The first-order chi connectivity index (χ1) is 13.7.